The first-order valence-corrected chi connectivity index (χ1v) is 10.9. The van der Waals surface area contributed by atoms with Gasteiger partial charge in [-0.2, -0.15) is 13.2 Å². The highest BCUT2D eigenvalue weighted by Crippen LogP contribution is 2.49. The van der Waals surface area contributed by atoms with Crippen LogP contribution in [0.25, 0.3) is 0 Å². The molecule has 1 aromatic carbocycles. The highest BCUT2D eigenvalue weighted by Gasteiger charge is 2.50. The minimum Gasteiger partial charge on any atom is -0.498 e. The van der Waals surface area contributed by atoms with Crippen LogP contribution < -0.4 is 0 Å². The molecule has 1 aromatic rings. The van der Waals surface area contributed by atoms with Crippen molar-refractivity contribution in [1.82, 2.24) is 4.90 Å². The molecule has 0 bridgehead atoms. The fourth-order valence-electron chi connectivity index (χ4n) is 4.67. The van der Waals surface area contributed by atoms with Crippen molar-refractivity contribution in [3.63, 3.8) is 0 Å². The van der Waals surface area contributed by atoms with E-state index in [1.807, 2.05) is 20.8 Å². The third-order valence-corrected chi connectivity index (χ3v) is 6.36. The number of rotatable bonds is 3. The van der Waals surface area contributed by atoms with E-state index in [4.69, 9.17) is 9.47 Å². The lowest BCUT2D eigenvalue weighted by Crippen LogP contribution is -2.55. The fourth-order valence-corrected chi connectivity index (χ4v) is 4.67. The first-order valence-electron chi connectivity index (χ1n) is 10.9. The van der Waals surface area contributed by atoms with Crippen LogP contribution in [0.5, 0.6) is 0 Å². The van der Waals surface area contributed by atoms with Crippen LogP contribution in [0.2, 0.25) is 0 Å². The van der Waals surface area contributed by atoms with E-state index in [1.54, 1.807) is 13.0 Å². The van der Waals surface area contributed by atoms with Gasteiger partial charge in [-0.25, -0.2) is 0 Å². The van der Waals surface area contributed by atoms with Gasteiger partial charge in [-0.3, -0.25) is 14.5 Å². The maximum absolute atomic E-state index is 13.9. The number of benzene rings is 1. The molecule has 1 aliphatic carbocycles. The molecule has 1 amide bonds. The molecule has 34 heavy (non-hydrogen) atoms. The fraction of sp³-hybridized carbons (Fsp3) is 0.440. The standard InChI is InChI=1S/C25H26F3NO5/c1-13-9-15(14-7-5-6-8-17(14)25(26,27)28)22-21-16(13)11-33-12-19(24(2,3)4)29(21)23(32)18(34-22)10-20(30)31/h5-9,11,15,18-19H,10,12H2,1-4H3,(H,30,31)/t15-,18-,19+/m1/s1. The van der Waals surface area contributed by atoms with Crippen molar-refractivity contribution in [2.24, 2.45) is 5.41 Å². The smallest absolute Gasteiger partial charge is 0.416 e. The van der Waals surface area contributed by atoms with Gasteiger partial charge in [0.15, 0.2) is 6.10 Å². The zero-order valence-corrected chi connectivity index (χ0v) is 19.3. The Morgan fingerprint density at radius 3 is 2.50 bits per heavy atom. The summed E-state index contributed by atoms with van der Waals surface area (Å²) in [5, 5.41) is 9.40. The van der Waals surface area contributed by atoms with E-state index in [0.29, 0.717) is 16.8 Å². The predicted molar refractivity (Wildman–Crippen MR) is 116 cm³/mol. The van der Waals surface area contributed by atoms with Gasteiger partial charge in [0.05, 0.1) is 35.9 Å². The molecule has 3 atom stereocenters. The number of hydrogen-bond acceptors (Lipinski definition) is 4. The van der Waals surface area contributed by atoms with Crippen molar-refractivity contribution < 1.29 is 37.3 Å². The number of allylic oxidation sites excluding steroid dienone is 2. The minimum atomic E-state index is -4.61. The molecule has 2 heterocycles. The number of aliphatic carboxylic acids is 1. The SMILES string of the molecule is CC1=C[C@H](c2ccccc2C(F)(F)F)C2=C3C1=COC[C@@H](C(C)(C)C)N3C(=O)[C@@H](CC(=O)O)O2. The number of carbonyl (C=O) groups excluding carboxylic acids is 1. The third kappa shape index (κ3) is 4.08. The van der Waals surface area contributed by atoms with E-state index in [9.17, 15) is 27.9 Å². The second-order valence-corrected chi connectivity index (χ2v) is 9.78. The topological polar surface area (TPSA) is 76.1 Å². The van der Waals surface area contributed by atoms with Crippen LogP contribution in [-0.4, -0.2) is 40.6 Å². The highest BCUT2D eigenvalue weighted by atomic mass is 19.4. The molecule has 1 N–H and O–H groups in total. The first kappa shape index (κ1) is 23.9. The van der Waals surface area contributed by atoms with E-state index < -0.39 is 53.5 Å². The highest BCUT2D eigenvalue weighted by molar-refractivity contribution is 5.89. The van der Waals surface area contributed by atoms with Crippen molar-refractivity contribution in [3.05, 3.63) is 70.3 Å². The third-order valence-electron chi connectivity index (χ3n) is 6.36. The van der Waals surface area contributed by atoms with E-state index in [0.717, 1.165) is 6.07 Å². The van der Waals surface area contributed by atoms with Gasteiger partial charge in [-0.15, -0.1) is 0 Å². The molecule has 0 saturated heterocycles. The first-order chi connectivity index (χ1) is 15.8. The lowest BCUT2D eigenvalue weighted by Gasteiger charge is -2.46. The number of hydrogen-bond donors (Lipinski definition) is 1. The minimum absolute atomic E-state index is 0.0308. The number of carboxylic acid groups (broad SMARTS) is 1. The molecule has 6 nitrogen and oxygen atoms in total. The molecule has 4 rings (SSSR count). The monoisotopic (exact) mass is 477 g/mol. The van der Waals surface area contributed by atoms with Crippen LogP contribution >= 0.6 is 0 Å². The Labute approximate surface area is 195 Å². The lowest BCUT2D eigenvalue weighted by molar-refractivity contribution is -0.155. The molecule has 2 aliphatic heterocycles. The molecule has 0 spiro atoms. The number of alkyl halides is 3. The molecule has 9 heteroatoms. The lowest BCUT2D eigenvalue weighted by atomic mass is 9.80. The van der Waals surface area contributed by atoms with Gasteiger partial charge in [0, 0.05) is 5.57 Å². The maximum Gasteiger partial charge on any atom is 0.416 e. The molecule has 0 unspecified atom stereocenters. The Balaban J connectivity index is 1.98. The van der Waals surface area contributed by atoms with Gasteiger partial charge in [0.25, 0.3) is 5.91 Å². The van der Waals surface area contributed by atoms with Gasteiger partial charge in [-0.1, -0.05) is 45.0 Å². The quantitative estimate of drug-likeness (QED) is 0.664. The summed E-state index contributed by atoms with van der Waals surface area (Å²) in [7, 11) is 0. The summed E-state index contributed by atoms with van der Waals surface area (Å²) in [6.45, 7) is 7.65. The van der Waals surface area contributed by atoms with E-state index in [-0.39, 0.29) is 17.9 Å². The van der Waals surface area contributed by atoms with Crippen LogP contribution in [0.1, 0.15) is 51.2 Å². The molecular weight excluding hydrogens is 451 g/mol. The Bertz CT molecular complexity index is 1130. The van der Waals surface area contributed by atoms with Gasteiger partial charge < -0.3 is 14.6 Å². The number of ether oxygens (including phenoxy) is 2. The van der Waals surface area contributed by atoms with Crippen molar-refractivity contribution in [3.8, 4) is 0 Å². The number of carboxylic acids is 1. The second kappa shape index (κ2) is 8.21. The van der Waals surface area contributed by atoms with Crippen molar-refractivity contribution in [2.75, 3.05) is 6.61 Å². The molecule has 0 radical (unpaired) electrons. The van der Waals surface area contributed by atoms with Crippen molar-refractivity contribution >= 4 is 11.9 Å². The van der Waals surface area contributed by atoms with Crippen LogP contribution in [0.15, 0.2) is 59.2 Å². The van der Waals surface area contributed by atoms with Crippen molar-refractivity contribution in [1.29, 1.82) is 0 Å². The van der Waals surface area contributed by atoms with Gasteiger partial charge in [-0.05, 0) is 29.5 Å². The van der Waals surface area contributed by atoms with E-state index in [1.165, 1.54) is 29.4 Å². The summed E-state index contributed by atoms with van der Waals surface area (Å²) in [4.78, 5) is 26.5. The summed E-state index contributed by atoms with van der Waals surface area (Å²) >= 11 is 0. The van der Waals surface area contributed by atoms with Crippen LogP contribution in [0.3, 0.4) is 0 Å². The van der Waals surface area contributed by atoms with E-state index in [2.05, 4.69) is 0 Å². The Morgan fingerprint density at radius 1 is 1.21 bits per heavy atom. The number of amides is 1. The van der Waals surface area contributed by atoms with Crippen LogP contribution in [0.4, 0.5) is 13.2 Å². The zero-order valence-electron chi connectivity index (χ0n) is 19.3. The van der Waals surface area contributed by atoms with Gasteiger partial charge in [0.1, 0.15) is 12.4 Å². The van der Waals surface area contributed by atoms with Crippen LogP contribution in [-0.2, 0) is 25.2 Å². The Hall–Kier alpha value is -3.23. The van der Waals surface area contributed by atoms with Gasteiger partial charge in [0.2, 0.25) is 0 Å². The van der Waals surface area contributed by atoms with Crippen LogP contribution in [0, 0.1) is 5.41 Å². The predicted octanol–water partition coefficient (Wildman–Crippen LogP) is 4.99. The maximum atomic E-state index is 13.9. The molecule has 182 valence electrons. The van der Waals surface area contributed by atoms with Crippen molar-refractivity contribution in [2.45, 2.75) is 58.4 Å². The molecule has 0 saturated carbocycles. The molecule has 3 aliphatic rings. The average molecular weight is 477 g/mol. The normalized spacial score (nSPS) is 25.0. The zero-order chi connectivity index (χ0) is 25.0. The number of carbonyl (C=O) groups is 2. The Kier molecular flexibility index (Phi) is 5.78. The average Bonchev–Trinajstić information content (AvgIpc) is 2.94. The molecule has 0 fully saturated rings. The van der Waals surface area contributed by atoms with E-state index >= 15 is 0 Å². The summed E-state index contributed by atoms with van der Waals surface area (Å²) in [6, 6.07) is 4.71. The second-order valence-electron chi connectivity index (χ2n) is 9.78. The van der Waals surface area contributed by atoms with Gasteiger partial charge >= 0.3 is 12.1 Å². The summed E-state index contributed by atoms with van der Waals surface area (Å²) in [5.41, 5.74) is 0.181. The summed E-state index contributed by atoms with van der Waals surface area (Å²) < 4.78 is 53.4. The molecule has 0 aromatic heterocycles. The largest absolute Gasteiger partial charge is 0.498 e. The Morgan fingerprint density at radius 2 is 1.88 bits per heavy atom. The number of nitrogens with zero attached hydrogens (tertiary/aromatic N) is 1. The molecular formula is C25H26F3NO5. The number of halogens is 3. The summed E-state index contributed by atoms with van der Waals surface area (Å²) in [5.74, 6) is -2.63. The summed E-state index contributed by atoms with van der Waals surface area (Å²) in [6.07, 6.45) is -3.45.